The highest BCUT2D eigenvalue weighted by Gasteiger charge is 2.21. The lowest BCUT2D eigenvalue weighted by Gasteiger charge is -2.29. The molecule has 0 saturated carbocycles. The van der Waals surface area contributed by atoms with E-state index in [1.165, 1.54) is 11.5 Å². The lowest BCUT2D eigenvalue weighted by Crippen LogP contribution is -2.35. The number of hydrogen-bond acceptors (Lipinski definition) is 6. The van der Waals surface area contributed by atoms with Crippen molar-refractivity contribution in [2.75, 3.05) is 38.0 Å². The van der Waals surface area contributed by atoms with Crippen molar-refractivity contribution in [2.45, 2.75) is 26.3 Å². The maximum absolute atomic E-state index is 5.78. The van der Waals surface area contributed by atoms with Gasteiger partial charge in [-0.05, 0) is 24.9 Å². The van der Waals surface area contributed by atoms with E-state index in [-0.39, 0.29) is 0 Å². The summed E-state index contributed by atoms with van der Waals surface area (Å²) in [7, 11) is 3.32. The molecule has 0 radical (unpaired) electrons. The van der Waals surface area contributed by atoms with Crippen molar-refractivity contribution in [1.82, 2.24) is 4.37 Å². The largest absolute Gasteiger partial charge is 0.490 e. The summed E-state index contributed by atoms with van der Waals surface area (Å²) in [6.07, 6.45) is 1.05. The molecule has 0 aliphatic heterocycles. The van der Waals surface area contributed by atoms with E-state index in [1.807, 2.05) is 0 Å². The lowest BCUT2D eigenvalue weighted by molar-refractivity contribution is 0.203. The van der Waals surface area contributed by atoms with Gasteiger partial charge in [-0.3, -0.25) is 0 Å². The van der Waals surface area contributed by atoms with Crippen LogP contribution in [0.3, 0.4) is 0 Å². The SMILES string of the molecule is CCC(C)N(CCOC)c1snc(N)c1OC. The molecule has 6 heteroatoms. The number of rotatable bonds is 7. The topological polar surface area (TPSA) is 60.6 Å². The second-order valence-electron chi connectivity index (χ2n) is 3.85. The molecule has 1 atom stereocenters. The molecule has 0 bridgehead atoms. The van der Waals surface area contributed by atoms with E-state index in [1.54, 1.807) is 14.2 Å². The van der Waals surface area contributed by atoms with E-state index >= 15 is 0 Å². The second-order valence-corrected chi connectivity index (χ2v) is 4.60. The molecule has 0 saturated heterocycles. The van der Waals surface area contributed by atoms with Crippen molar-refractivity contribution >= 4 is 22.4 Å². The highest BCUT2D eigenvalue weighted by molar-refractivity contribution is 7.11. The average molecular weight is 259 g/mol. The molecule has 0 spiro atoms. The highest BCUT2D eigenvalue weighted by Crippen LogP contribution is 2.39. The Balaban J connectivity index is 2.94. The Hall–Kier alpha value is -1.01. The normalized spacial score (nSPS) is 12.5. The van der Waals surface area contributed by atoms with E-state index in [2.05, 4.69) is 23.1 Å². The number of hydrogen-bond donors (Lipinski definition) is 1. The molecule has 0 aromatic carbocycles. The Morgan fingerprint density at radius 1 is 1.47 bits per heavy atom. The summed E-state index contributed by atoms with van der Waals surface area (Å²) in [5, 5.41) is 0.983. The minimum atomic E-state index is 0.402. The van der Waals surface area contributed by atoms with Gasteiger partial charge in [0.1, 0.15) is 0 Å². The van der Waals surface area contributed by atoms with Gasteiger partial charge in [0.05, 0.1) is 13.7 Å². The van der Waals surface area contributed by atoms with Crippen LogP contribution in [0.1, 0.15) is 20.3 Å². The third kappa shape index (κ3) is 3.23. The Bertz CT molecular complexity index is 343. The van der Waals surface area contributed by atoms with Gasteiger partial charge in [0.15, 0.2) is 16.6 Å². The van der Waals surface area contributed by atoms with Gasteiger partial charge in [0, 0.05) is 19.7 Å². The van der Waals surface area contributed by atoms with Crippen LogP contribution < -0.4 is 15.4 Å². The summed E-state index contributed by atoms with van der Waals surface area (Å²) < 4.78 is 14.6. The van der Waals surface area contributed by atoms with E-state index in [4.69, 9.17) is 15.2 Å². The van der Waals surface area contributed by atoms with Crippen LogP contribution in [-0.2, 0) is 4.74 Å². The van der Waals surface area contributed by atoms with Gasteiger partial charge in [-0.25, -0.2) is 0 Å². The molecule has 0 fully saturated rings. The molecule has 17 heavy (non-hydrogen) atoms. The number of nitrogens with two attached hydrogens (primary N) is 1. The van der Waals surface area contributed by atoms with Crippen LogP contribution in [0.5, 0.6) is 5.75 Å². The maximum Gasteiger partial charge on any atom is 0.197 e. The maximum atomic E-state index is 5.78. The van der Waals surface area contributed by atoms with Crippen molar-refractivity contribution in [1.29, 1.82) is 0 Å². The summed E-state index contributed by atoms with van der Waals surface area (Å²) >= 11 is 1.37. The number of nitrogen functional groups attached to an aromatic ring is 1. The summed E-state index contributed by atoms with van der Waals surface area (Å²) in [4.78, 5) is 2.23. The van der Waals surface area contributed by atoms with Gasteiger partial charge in [-0.1, -0.05) is 6.92 Å². The zero-order valence-corrected chi connectivity index (χ0v) is 11.7. The summed E-state index contributed by atoms with van der Waals surface area (Å²) in [6, 6.07) is 0.402. The predicted octanol–water partition coefficient (Wildman–Crippen LogP) is 1.99. The molecule has 0 aliphatic carbocycles. The third-order valence-electron chi connectivity index (χ3n) is 2.78. The molecule has 1 unspecified atom stereocenters. The smallest absolute Gasteiger partial charge is 0.197 e. The first kappa shape index (κ1) is 14.1. The number of anilines is 2. The number of nitrogens with zero attached hydrogens (tertiary/aromatic N) is 2. The highest BCUT2D eigenvalue weighted by atomic mass is 32.1. The van der Waals surface area contributed by atoms with Crippen LogP contribution >= 0.6 is 11.5 Å². The molecule has 1 rings (SSSR count). The molecule has 1 heterocycles. The van der Waals surface area contributed by atoms with E-state index in [9.17, 15) is 0 Å². The van der Waals surface area contributed by atoms with Crippen molar-refractivity contribution in [3.8, 4) is 5.75 Å². The zero-order valence-electron chi connectivity index (χ0n) is 10.9. The molecular weight excluding hydrogens is 238 g/mol. The van der Waals surface area contributed by atoms with Gasteiger partial charge in [-0.15, -0.1) is 0 Å². The van der Waals surface area contributed by atoms with Crippen LogP contribution in [0.4, 0.5) is 10.8 Å². The Morgan fingerprint density at radius 2 is 2.18 bits per heavy atom. The van der Waals surface area contributed by atoms with Crippen LogP contribution in [0.15, 0.2) is 0 Å². The summed E-state index contributed by atoms with van der Waals surface area (Å²) in [5.74, 6) is 1.13. The Morgan fingerprint density at radius 3 is 2.71 bits per heavy atom. The summed E-state index contributed by atoms with van der Waals surface area (Å²) in [5.41, 5.74) is 5.78. The van der Waals surface area contributed by atoms with Crippen molar-refractivity contribution in [3.63, 3.8) is 0 Å². The van der Waals surface area contributed by atoms with Gasteiger partial charge in [0.2, 0.25) is 0 Å². The first-order valence-corrected chi connectivity index (χ1v) is 6.47. The quantitative estimate of drug-likeness (QED) is 0.811. The van der Waals surface area contributed by atoms with Crippen LogP contribution in [0.25, 0.3) is 0 Å². The van der Waals surface area contributed by atoms with Crippen LogP contribution in [0.2, 0.25) is 0 Å². The standard InChI is InChI=1S/C11H21N3O2S/c1-5-8(2)14(6-7-15-3)11-9(16-4)10(12)13-17-11/h8H,5-7H2,1-4H3,(H2,12,13). The third-order valence-corrected chi connectivity index (χ3v) is 3.66. The molecule has 1 aromatic rings. The molecule has 98 valence electrons. The Labute approximate surface area is 107 Å². The molecule has 0 amide bonds. The van der Waals surface area contributed by atoms with Crippen molar-refractivity contribution in [2.24, 2.45) is 0 Å². The first-order chi connectivity index (χ1) is 8.15. The van der Waals surface area contributed by atoms with Crippen molar-refractivity contribution < 1.29 is 9.47 Å². The zero-order chi connectivity index (χ0) is 12.8. The molecule has 1 aromatic heterocycles. The lowest BCUT2D eigenvalue weighted by atomic mass is 10.2. The molecule has 0 aliphatic rings. The van der Waals surface area contributed by atoms with E-state index in [0.29, 0.717) is 24.2 Å². The minimum Gasteiger partial charge on any atom is -0.490 e. The van der Waals surface area contributed by atoms with Crippen molar-refractivity contribution in [3.05, 3.63) is 0 Å². The number of aromatic nitrogens is 1. The number of ether oxygens (including phenoxy) is 2. The Kier molecular flexibility index (Phi) is 5.50. The van der Waals surface area contributed by atoms with E-state index in [0.717, 1.165) is 18.0 Å². The first-order valence-electron chi connectivity index (χ1n) is 5.70. The minimum absolute atomic E-state index is 0.402. The van der Waals surface area contributed by atoms with Crippen LogP contribution in [0, 0.1) is 0 Å². The summed E-state index contributed by atoms with van der Waals surface area (Å²) in [6.45, 7) is 5.81. The molecule has 5 nitrogen and oxygen atoms in total. The second kappa shape index (κ2) is 6.66. The van der Waals surface area contributed by atoms with Gasteiger partial charge in [-0.2, -0.15) is 4.37 Å². The van der Waals surface area contributed by atoms with Gasteiger partial charge < -0.3 is 20.1 Å². The fourth-order valence-corrected chi connectivity index (χ4v) is 2.51. The molecular formula is C11H21N3O2S. The average Bonchev–Trinajstić information content (AvgIpc) is 2.70. The van der Waals surface area contributed by atoms with Crippen LogP contribution in [-0.4, -0.2) is 37.8 Å². The molecule has 2 N–H and O–H groups in total. The number of methoxy groups -OCH3 is 2. The fourth-order valence-electron chi connectivity index (χ4n) is 1.59. The monoisotopic (exact) mass is 259 g/mol. The van der Waals surface area contributed by atoms with E-state index < -0.39 is 0 Å². The fraction of sp³-hybridized carbons (Fsp3) is 0.727. The predicted molar refractivity (Wildman–Crippen MR) is 72.1 cm³/mol. The van der Waals surface area contributed by atoms with Gasteiger partial charge >= 0.3 is 0 Å². The van der Waals surface area contributed by atoms with Gasteiger partial charge in [0.25, 0.3) is 0 Å².